The molecule has 0 saturated carbocycles. The molecular formula is C9H11BrN2O. The maximum Gasteiger partial charge on any atom is 0.0823 e. The summed E-state index contributed by atoms with van der Waals surface area (Å²) in [5, 5.41) is 9.16. The first-order chi connectivity index (χ1) is 6.15. The highest BCUT2D eigenvalue weighted by Gasteiger charge is 2.35. The lowest BCUT2D eigenvalue weighted by Crippen LogP contribution is -2.38. The van der Waals surface area contributed by atoms with Crippen molar-refractivity contribution in [2.45, 2.75) is 18.4 Å². The van der Waals surface area contributed by atoms with Crippen molar-refractivity contribution in [2.24, 2.45) is 5.73 Å². The molecule has 4 heteroatoms. The van der Waals surface area contributed by atoms with E-state index < -0.39 is 5.54 Å². The normalized spacial score (nSPS) is 26.1. The molecule has 0 spiro atoms. The average molecular weight is 243 g/mol. The van der Waals surface area contributed by atoms with Crippen molar-refractivity contribution in [3.05, 3.63) is 28.0 Å². The molecule has 0 radical (unpaired) electrons. The molecule has 1 unspecified atom stereocenters. The molecule has 0 amide bonds. The predicted molar refractivity (Wildman–Crippen MR) is 53.2 cm³/mol. The van der Waals surface area contributed by atoms with Crippen LogP contribution in [0, 0.1) is 0 Å². The molecule has 1 aromatic heterocycles. The summed E-state index contributed by atoms with van der Waals surface area (Å²) >= 11 is 3.36. The van der Waals surface area contributed by atoms with E-state index in [0.29, 0.717) is 0 Å². The summed E-state index contributed by atoms with van der Waals surface area (Å²) in [7, 11) is 0. The highest BCUT2D eigenvalue weighted by atomic mass is 79.9. The van der Waals surface area contributed by atoms with Crippen molar-refractivity contribution in [3.63, 3.8) is 0 Å². The van der Waals surface area contributed by atoms with Gasteiger partial charge in [-0.25, -0.2) is 0 Å². The topological polar surface area (TPSA) is 59.1 Å². The van der Waals surface area contributed by atoms with Crippen LogP contribution in [0.1, 0.15) is 17.7 Å². The van der Waals surface area contributed by atoms with E-state index in [1.807, 2.05) is 6.07 Å². The summed E-state index contributed by atoms with van der Waals surface area (Å²) < 4.78 is 0.966. The van der Waals surface area contributed by atoms with Gasteiger partial charge in [-0.2, -0.15) is 0 Å². The average Bonchev–Trinajstić information content (AvgIpc) is 2.45. The molecule has 1 atom stereocenters. The van der Waals surface area contributed by atoms with Gasteiger partial charge in [-0.05, 0) is 40.4 Å². The van der Waals surface area contributed by atoms with Gasteiger partial charge in [0.15, 0.2) is 0 Å². The van der Waals surface area contributed by atoms with E-state index in [4.69, 9.17) is 10.8 Å². The minimum atomic E-state index is -0.615. The number of nitrogens with two attached hydrogens (primary N) is 1. The van der Waals surface area contributed by atoms with Crippen LogP contribution >= 0.6 is 15.9 Å². The molecule has 1 aliphatic rings. The second-order valence-electron chi connectivity index (χ2n) is 3.48. The third-order valence-corrected chi connectivity index (χ3v) is 2.96. The van der Waals surface area contributed by atoms with Gasteiger partial charge in [0.25, 0.3) is 0 Å². The summed E-state index contributed by atoms with van der Waals surface area (Å²) in [4.78, 5) is 4.25. The van der Waals surface area contributed by atoms with Crippen LogP contribution in [0.25, 0.3) is 0 Å². The Balaban J connectivity index is 2.49. The van der Waals surface area contributed by atoms with Gasteiger partial charge < -0.3 is 10.8 Å². The number of aliphatic hydroxyl groups excluding tert-OH is 1. The van der Waals surface area contributed by atoms with Crippen LogP contribution in [0.5, 0.6) is 0 Å². The maximum atomic E-state index is 9.16. The number of aliphatic hydroxyl groups is 1. The lowest BCUT2D eigenvalue weighted by atomic mass is 9.99. The smallest absolute Gasteiger partial charge is 0.0823 e. The van der Waals surface area contributed by atoms with Gasteiger partial charge in [0.2, 0.25) is 0 Å². The predicted octanol–water partition coefficient (Wildman–Crippen LogP) is 0.937. The number of hydrogen-bond donors (Lipinski definition) is 2. The molecule has 0 fully saturated rings. The van der Waals surface area contributed by atoms with E-state index >= 15 is 0 Å². The molecule has 3 N–H and O–H groups in total. The van der Waals surface area contributed by atoms with Crippen molar-refractivity contribution >= 4 is 15.9 Å². The number of aryl methyl sites for hydroxylation is 1. The molecule has 0 aromatic carbocycles. The fraction of sp³-hybridized carbons (Fsp3) is 0.444. The van der Waals surface area contributed by atoms with Crippen LogP contribution in [0.3, 0.4) is 0 Å². The Kier molecular flexibility index (Phi) is 2.14. The molecule has 3 nitrogen and oxygen atoms in total. The minimum absolute atomic E-state index is 0.0331. The third-order valence-electron chi connectivity index (χ3n) is 2.53. The number of rotatable bonds is 1. The third kappa shape index (κ3) is 1.39. The first-order valence-corrected chi connectivity index (χ1v) is 5.00. The quantitative estimate of drug-likeness (QED) is 0.771. The van der Waals surface area contributed by atoms with Gasteiger partial charge in [-0.3, -0.25) is 4.98 Å². The Labute approximate surface area is 85.1 Å². The van der Waals surface area contributed by atoms with Crippen LogP contribution in [0.15, 0.2) is 16.7 Å². The number of fused-ring (bicyclic) bond motifs is 1. The standard InChI is InChI=1S/C9H11BrN2O/c10-7-3-6-1-2-9(11,5-13)8(6)12-4-7/h3-4,13H,1-2,5,11H2. The van der Waals surface area contributed by atoms with Crippen molar-refractivity contribution < 1.29 is 5.11 Å². The molecule has 0 aliphatic heterocycles. The lowest BCUT2D eigenvalue weighted by Gasteiger charge is -2.20. The van der Waals surface area contributed by atoms with Crippen molar-refractivity contribution in [3.8, 4) is 0 Å². The molecular weight excluding hydrogens is 232 g/mol. The Hall–Kier alpha value is -0.450. The van der Waals surface area contributed by atoms with Crippen molar-refractivity contribution in [1.82, 2.24) is 4.98 Å². The minimum Gasteiger partial charge on any atom is -0.394 e. The van der Waals surface area contributed by atoms with Crippen molar-refractivity contribution in [1.29, 1.82) is 0 Å². The molecule has 2 rings (SSSR count). The summed E-state index contributed by atoms with van der Waals surface area (Å²) in [6, 6.07) is 2.02. The zero-order chi connectivity index (χ0) is 9.47. The van der Waals surface area contributed by atoms with Crippen LogP contribution in [-0.2, 0) is 12.0 Å². The molecule has 70 valence electrons. The highest BCUT2D eigenvalue weighted by molar-refractivity contribution is 9.10. The van der Waals surface area contributed by atoms with E-state index in [1.54, 1.807) is 6.20 Å². The Morgan fingerprint density at radius 1 is 1.69 bits per heavy atom. The summed E-state index contributed by atoms with van der Waals surface area (Å²) in [5.41, 5.74) is 7.37. The van der Waals surface area contributed by atoms with Gasteiger partial charge in [0.05, 0.1) is 17.8 Å². The van der Waals surface area contributed by atoms with Gasteiger partial charge >= 0.3 is 0 Å². The maximum absolute atomic E-state index is 9.16. The Bertz CT molecular complexity index is 342. The van der Waals surface area contributed by atoms with Gasteiger partial charge in [0.1, 0.15) is 0 Å². The lowest BCUT2D eigenvalue weighted by molar-refractivity contribution is 0.193. The van der Waals surface area contributed by atoms with E-state index in [2.05, 4.69) is 20.9 Å². The zero-order valence-electron chi connectivity index (χ0n) is 7.13. The van der Waals surface area contributed by atoms with E-state index in [0.717, 1.165) is 28.6 Å². The Morgan fingerprint density at radius 3 is 3.15 bits per heavy atom. The van der Waals surface area contributed by atoms with Crippen LogP contribution < -0.4 is 5.73 Å². The zero-order valence-corrected chi connectivity index (χ0v) is 8.71. The number of hydrogen-bond acceptors (Lipinski definition) is 3. The fourth-order valence-corrected chi connectivity index (χ4v) is 2.13. The van der Waals surface area contributed by atoms with Crippen molar-refractivity contribution in [2.75, 3.05) is 6.61 Å². The van der Waals surface area contributed by atoms with E-state index in [9.17, 15) is 0 Å². The highest BCUT2D eigenvalue weighted by Crippen LogP contribution is 2.33. The number of halogens is 1. The molecule has 1 aliphatic carbocycles. The van der Waals surface area contributed by atoms with E-state index in [-0.39, 0.29) is 6.61 Å². The first-order valence-electron chi connectivity index (χ1n) is 4.20. The van der Waals surface area contributed by atoms with Gasteiger partial charge in [0, 0.05) is 10.7 Å². The molecule has 1 aromatic rings. The number of nitrogens with zero attached hydrogens (tertiary/aromatic N) is 1. The first kappa shape index (κ1) is 9.12. The van der Waals surface area contributed by atoms with Gasteiger partial charge in [-0.15, -0.1) is 0 Å². The molecule has 13 heavy (non-hydrogen) atoms. The van der Waals surface area contributed by atoms with Crippen LogP contribution in [0.2, 0.25) is 0 Å². The number of pyridine rings is 1. The van der Waals surface area contributed by atoms with E-state index in [1.165, 1.54) is 0 Å². The monoisotopic (exact) mass is 242 g/mol. The van der Waals surface area contributed by atoms with Gasteiger partial charge in [-0.1, -0.05) is 0 Å². The Morgan fingerprint density at radius 2 is 2.46 bits per heavy atom. The number of aromatic nitrogens is 1. The second-order valence-corrected chi connectivity index (χ2v) is 4.39. The van der Waals surface area contributed by atoms with Crippen LogP contribution in [0.4, 0.5) is 0 Å². The van der Waals surface area contributed by atoms with Crippen LogP contribution in [-0.4, -0.2) is 16.7 Å². The summed E-state index contributed by atoms with van der Waals surface area (Å²) in [5.74, 6) is 0. The SMILES string of the molecule is NC1(CO)CCc2cc(Br)cnc21. The largest absolute Gasteiger partial charge is 0.394 e. The summed E-state index contributed by atoms with van der Waals surface area (Å²) in [6.07, 6.45) is 3.41. The second kappa shape index (κ2) is 3.04. The summed E-state index contributed by atoms with van der Waals surface area (Å²) in [6.45, 7) is -0.0331. The fourth-order valence-electron chi connectivity index (χ4n) is 1.75. The molecule has 1 heterocycles. The molecule has 0 bridgehead atoms. The molecule has 0 saturated heterocycles.